The lowest BCUT2D eigenvalue weighted by Gasteiger charge is -2.25. The predicted molar refractivity (Wildman–Crippen MR) is 128 cm³/mol. The molecule has 1 aliphatic heterocycles. The van der Waals surface area contributed by atoms with Crippen molar-refractivity contribution in [1.82, 2.24) is 9.97 Å². The van der Waals surface area contributed by atoms with Crippen LogP contribution in [0.15, 0.2) is 54.6 Å². The van der Waals surface area contributed by atoms with Crippen LogP contribution in [0.4, 0.5) is 23.0 Å². The number of fused-ring (bicyclic) bond motifs is 1. The number of aryl methyl sites for hydroxylation is 2. The average molecular weight is 432 g/mol. The zero-order chi connectivity index (χ0) is 22.5. The molecule has 2 N–H and O–H groups in total. The van der Waals surface area contributed by atoms with Crippen LogP contribution in [0, 0.1) is 6.92 Å². The van der Waals surface area contributed by atoms with E-state index in [2.05, 4.69) is 39.3 Å². The maximum Gasteiger partial charge on any atom is 0.265 e. The quantitative estimate of drug-likeness (QED) is 0.564. The minimum atomic E-state index is -0.481. The van der Waals surface area contributed by atoms with E-state index in [9.17, 15) is 4.79 Å². The van der Waals surface area contributed by atoms with Crippen molar-refractivity contribution in [3.8, 4) is 5.75 Å². The van der Waals surface area contributed by atoms with E-state index in [0.717, 1.165) is 59.7 Å². The second-order valence-electron chi connectivity index (χ2n) is 7.78. The number of nitrogens with zero attached hydrogens (tertiary/aromatic N) is 3. The Hall–Kier alpha value is -3.61. The van der Waals surface area contributed by atoms with Crippen molar-refractivity contribution in [3.63, 3.8) is 0 Å². The Kier molecular flexibility index (Phi) is 6.54. The Balaban J connectivity index is 1.39. The van der Waals surface area contributed by atoms with Crippen molar-refractivity contribution >= 4 is 28.9 Å². The highest BCUT2D eigenvalue weighted by Crippen LogP contribution is 2.28. The molecule has 0 aliphatic carbocycles. The van der Waals surface area contributed by atoms with E-state index in [1.165, 1.54) is 0 Å². The van der Waals surface area contributed by atoms with Gasteiger partial charge in [0.1, 0.15) is 23.2 Å². The van der Waals surface area contributed by atoms with Crippen molar-refractivity contribution in [2.24, 2.45) is 0 Å². The summed E-state index contributed by atoms with van der Waals surface area (Å²) < 4.78 is 5.89. The number of nitrogens with one attached hydrogen (secondary N) is 2. The van der Waals surface area contributed by atoms with Crippen molar-refractivity contribution < 1.29 is 9.53 Å². The molecule has 1 atom stereocenters. The molecule has 0 saturated heterocycles. The normalized spacial score (nSPS) is 14.8. The fourth-order valence-corrected chi connectivity index (χ4v) is 3.84. The lowest BCUT2D eigenvalue weighted by Crippen LogP contribution is -2.35. The van der Waals surface area contributed by atoms with Gasteiger partial charge in [0.15, 0.2) is 6.10 Å². The van der Waals surface area contributed by atoms with Gasteiger partial charge in [-0.05, 0) is 69.5 Å². The minimum Gasteiger partial charge on any atom is -0.480 e. The third-order valence-electron chi connectivity index (χ3n) is 5.55. The van der Waals surface area contributed by atoms with Crippen LogP contribution in [0.2, 0.25) is 0 Å². The molecule has 1 aromatic heterocycles. The molecule has 1 amide bonds. The molecule has 7 nitrogen and oxygen atoms in total. The number of ether oxygens (including phenoxy) is 1. The number of benzene rings is 2. The van der Waals surface area contributed by atoms with E-state index in [4.69, 9.17) is 4.74 Å². The van der Waals surface area contributed by atoms with Crippen molar-refractivity contribution in [3.05, 3.63) is 66.0 Å². The molecule has 1 unspecified atom stereocenters. The summed E-state index contributed by atoms with van der Waals surface area (Å²) in [6.45, 7) is 7.88. The molecule has 166 valence electrons. The van der Waals surface area contributed by atoms with Crippen LogP contribution in [-0.2, 0) is 11.2 Å². The van der Waals surface area contributed by atoms with Gasteiger partial charge in [0, 0.05) is 30.5 Å². The number of carbonyl (C=O) groups is 1. The number of para-hydroxylation sites is 1. The molecule has 0 bridgehead atoms. The summed E-state index contributed by atoms with van der Waals surface area (Å²) in [5, 5.41) is 6.29. The molecule has 32 heavy (non-hydrogen) atoms. The van der Waals surface area contributed by atoms with Gasteiger partial charge in [0.05, 0.1) is 0 Å². The lowest BCUT2D eigenvalue weighted by molar-refractivity contribution is -0.123. The SMILES string of the molecule is CCN(CC)c1cc(Nc2ccc(NC(=O)C3CCc4ccccc4O3)cc2)nc(C)n1. The molecule has 0 fully saturated rings. The predicted octanol–water partition coefficient (Wildman–Crippen LogP) is 4.71. The zero-order valence-corrected chi connectivity index (χ0v) is 18.8. The van der Waals surface area contributed by atoms with Crippen LogP contribution < -0.4 is 20.3 Å². The molecule has 0 spiro atoms. The Morgan fingerprint density at radius 2 is 1.78 bits per heavy atom. The molecular formula is C25H29N5O2. The molecule has 4 rings (SSSR count). The van der Waals surface area contributed by atoms with Gasteiger partial charge in [-0.1, -0.05) is 18.2 Å². The first-order valence-electron chi connectivity index (χ1n) is 11.1. The molecular weight excluding hydrogens is 402 g/mol. The molecule has 3 aromatic rings. The van der Waals surface area contributed by atoms with Gasteiger partial charge in [0.2, 0.25) is 0 Å². The Morgan fingerprint density at radius 1 is 1.06 bits per heavy atom. The fourth-order valence-electron chi connectivity index (χ4n) is 3.84. The van der Waals surface area contributed by atoms with Gasteiger partial charge in [-0.25, -0.2) is 9.97 Å². The molecule has 0 radical (unpaired) electrons. The summed E-state index contributed by atoms with van der Waals surface area (Å²) in [4.78, 5) is 23.9. The molecule has 2 heterocycles. The summed E-state index contributed by atoms with van der Waals surface area (Å²) in [7, 11) is 0. The number of hydrogen-bond acceptors (Lipinski definition) is 6. The highest BCUT2D eigenvalue weighted by atomic mass is 16.5. The number of aromatic nitrogens is 2. The maximum atomic E-state index is 12.7. The summed E-state index contributed by atoms with van der Waals surface area (Å²) in [5.74, 6) is 3.03. The minimum absolute atomic E-state index is 0.129. The number of amides is 1. The third kappa shape index (κ3) is 4.99. The first-order valence-corrected chi connectivity index (χ1v) is 11.1. The first kappa shape index (κ1) is 21.6. The van der Waals surface area contributed by atoms with Gasteiger partial charge in [-0.3, -0.25) is 4.79 Å². The number of rotatable bonds is 7. The smallest absolute Gasteiger partial charge is 0.265 e. The van der Waals surface area contributed by atoms with Crippen molar-refractivity contribution in [2.75, 3.05) is 28.6 Å². The highest BCUT2D eigenvalue weighted by Gasteiger charge is 2.25. The second-order valence-corrected chi connectivity index (χ2v) is 7.78. The third-order valence-corrected chi connectivity index (χ3v) is 5.55. The fraction of sp³-hybridized carbons (Fsp3) is 0.320. The number of carbonyl (C=O) groups excluding carboxylic acids is 1. The van der Waals surface area contributed by atoms with Crippen molar-refractivity contribution in [1.29, 1.82) is 0 Å². The monoisotopic (exact) mass is 431 g/mol. The Morgan fingerprint density at radius 3 is 2.53 bits per heavy atom. The zero-order valence-electron chi connectivity index (χ0n) is 18.8. The first-order chi connectivity index (χ1) is 15.6. The summed E-state index contributed by atoms with van der Waals surface area (Å²) >= 11 is 0. The molecule has 7 heteroatoms. The highest BCUT2D eigenvalue weighted by molar-refractivity contribution is 5.94. The van der Waals surface area contributed by atoms with E-state index in [-0.39, 0.29) is 5.91 Å². The largest absolute Gasteiger partial charge is 0.480 e. The van der Waals surface area contributed by atoms with E-state index in [1.54, 1.807) is 0 Å². The summed E-state index contributed by atoms with van der Waals surface area (Å²) in [6.07, 6.45) is 1.03. The van der Waals surface area contributed by atoms with Crippen LogP contribution in [-0.4, -0.2) is 35.1 Å². The van der Waals surface area contributed by atoms with E-state index < -0.39 is 6.10 Å². The Labute approximate surface area is 188 Å². The average Bonchev–Trinajstić information content (AvgIpc) is 2.80. The number of hydrogen-bond donors (Lipinski definition) is 2. The van der Waals surface area contributed by atoms with E-state index >= 15 is 0 Å². The summed E-state index contributed by atoms with van der Waals surface area (Å²) in [5.41, 5.74) is 2.76. The van der Waals surface area contributed by atoms with Gasteiger partial charge < -0.3 is 20.3 Å². The number of anilines is 4. The second kappa shape index (κ2) is 9.68. The summed E-state index contributed by atoms with van der Waals surface area (Å²) in [6, 6.07) is 17.4. The maximum absolute atomic E-state index is 12.7. The molecule has 0 saturated carbocycles. The van der Waals surface area contributed by atoms with Gasteiger partial charge in [0.25, 0.3) is 5.91 Å². The topological polar surface area (TPSA) is 79.4 Å². The molecule has 1 aliphatic rings. The lowest BCUT2D eigenvalue weighted by atomic mass is 10.0. The van der Waals surface area contributed by atoms with Crippen molar-refractivity contribution in [2.45, 2.75) is 39.7 Å². The van der Waals surface area contributed by atoms with Crippen LogP contribution in [0.5, 0.6) is 5.75 Å². The molecule has 2 aromatic carbocycles. The van der Waals surface area contributed by atoms with E-state index in [1.807, 2.05) is 61.5 Å². The van der Waals surface area contributed by atoms with Crippen LogP contribution in [0.3, 0.4) is 0 Å². The van der Waals surface area contributed by atoms with E-state index in [0.29, 0.717) is 6.42 Å². The standard InChI is InChI=1S/C25H29N5O2/c1-4-30(5-2)24-16-23(26-17(3)27-24)28-19-11-13-20(14-12-19)29-25(31)22-15-10-18-8-6-7-9-21(18)32-22/h6-9,11-14,16,22H,4-5,10,15H2,1-3H3,(H,29,31)(H,26,27,28). The van der Waals surface area contributed by atoms with Crippen LogP contribution in [0.25, 0.3) is 0 Å². The van der Waals surface area contributed by atoms with Gasteiger partial charge >= 0.3 is 0 Å². The van der Waals surface area contributed by atoms with Gasteiger partial charge in [-0.2, -0.15) is 0 Å². The van der Waals surface area contributed by atoms with Crippen LogP contribution in [0.1, 0.15) is 31.7 Å². The van der Waals surface area contributed by atoms with Crippen LogP contribution >= 0.6 is 0 Å². The Bertz CT molecular complexity index is 1080. The van der Waals surface area contributed by atoms with Gasteiger partial charge in [-0.15, -0.1) is 0 Å².